The average Bonchev–Trinajstić information content (AvgIpc) is 3.37. The summed E-state index contributed by atoms with van der Waals surface area (Å²) in [5.41, 5.74) is 1.31. The summed E-state index contributed by atoms with van der Waals surface area (Å²) in [5, 5.41) is 0. The van der Waals surface area contributed by atoms with E-state index in [4.69, 9.17) is 9.47 Å². The molecule has 2 aliphatic carbocycles. The van der Waals surface area contributed by atoms with Crippen LogP contribution in [0, 0.1) is 11.8 Å². The zero-order valence-corrected chi connectivity index (χ0v) is 15.1. The van der Waals surface area contributed by atoms with Crippen LogP contribution in [-0.2, 0) is 4.79 Å². The second-order valence-corrected chi connectivity index (χ2v) is 7.23. The highest BCUT2D eigenvalue weighted by atomic mass is 16.5. The molecule has 1 aromatic rings. The third kappa shape index (κ3) is 3.68. The number of ether oxygens (including phenoxy) is 2. The van der Waals surface area contributed by atoms with Crippen LogP contribution in [0.1, 0.15) is 50.0 Å². The van der Waals surface area contributed by atoms with Crippen molar-refractivity contribution >= 4 is 5.91 Å². The maximum Gasteiger partial charge on any atom is 0.225 e. The Morgan fingerprint density at radius 2 is 1.88 bits per heavy atom. The Kier molecular flexibility index (Phi) is 5.32. The minimum absolute atomic E-state index is 0.287. The number of methoxy groups -OCH3 is 2. The van der Waals surface area contributed by atoms with Crippen LogP contribution in [-0.4, -0.2) is 38.6 Å². The first-order valence-corrected chi connectivity index (χ1v) is 9.11. The van der Waals surface area contributed by atoms with Gasteiger partial charge in [-0.3, -0.25) is 4.79 Å². The lowest BCUT2D eigenvalue weighted by Crippen LogP contribution is -2.37. The van der Waals surface area contributed by atoms with Crippen LogP contribution in [0.15, 0.2) is 18.2 Å². The Hall–Kier alpha value is -1.71. The third-order valence-corrected chi connectivity index (χ3v) is 5.63. The van der Waals surface area contributed by atoms with Crippen molar-refractivity contribution in [2.24, 2.45) is 11.8 Å². The fourth-order valence-corrected chi connectivity index (χ4v) is 3.67. The predicted molar refractivity (Wildman–Crippen MR) is 94.6 cm³/mol. The van der Waals surface area contributed by atoms with Crippen LogP contribution in [0.4, 0.5) is 0 Å². The topological polar surface area (TPSA) is 38.8 Å². The largest absolute Gasteiger partial charge is 0.493 e. The molecule has 0 aliphatic heterocycles. The average molecular weight is 331 g/mol. The van der Waals surface area contributed by atoms with Crippen molar-refractivity contribution in [2.45, 2.75) is 44.4 Å². The van der Waals surface area contributed by atoms with Crippen molar-refractivity contribution < 1.29 is 14.3 Å². The summed E-state index contributed by atoms with van der Waals surface area (Å²) in [5.74, 6) is 3.43. The van der Waals surface area contributed by atoms with E-state index < -0.39 is 0 Å². The summed E-state index contributed by atoms with van der Waals surface area (Å²) in [4.78, 5) is 14.3. The highest BCUT2D eigenvalue weighted by molar-refractivity contribution is 5.79. The molecular formula is C20H29NO3. The maximum atomic E-state index is 12.3. The fourth-order valence-electron chi connectivity index (χ4n) is 3.67. The first-order chi connectivity index (χ1) is 11.6. The Bertz CT molecular complexity index is 578. The molecule has 4 heteroatoms. The van der Waals surface area contributed by atoms with Gasteiger partial charge in [0.25, 0.3) is 0 Å². The number of nitrogens with zero attached hydrogens (tertiary/aromatic N) is 1. The van der Waals surface area contributed by atoms with E-state index in [0.29, 0.717) is 11.8 Å². The Balaban J connectivity index is 1.65. The predicted octanol–water partition coefficient (Wildman–Crippen LogP) is 3.85. The lowest BCUT2D eigenvalue weighted by molar-refractivity contribution is -0.136. The molecule has 0 radical (unpaired) electrons. The zero-order valence-electron chi connectivity index (χ0n) is 15.1. The van der Waals surface area contributed by atoms with Gasteiger partial charge < -0.3 is 14.4 Å². The summed E-state index contributed by atoms with van der Waals surface area (Å²) in [7, 11) is 5.30. The highest BCUT2D eigenvalue weighted by Crippen LogP contribution is 2.46. The van der Waals surface area contributed by atoms with Gasteiger partial charge in [0.15, 0.2) is 11.5 Å². The fraction of sp³-hybridized carbons (Fsp3) is 0.650. The van der Waals surface area contributed by atoms with Crippen molar-refractivity contribution in [3.63, 3.8) is 0 Å². The zero-order chi connectivity index (χ0) is 17.1. The second kappa shape index (κ2) is 7.45. The number of carbonyl (C=O) groups is 1. The van der Waals surface area contributed by atoms with Gasteiger partial charge in [-0.25, -0.2) is 0 Å². The summed E-state index contributed by atoms with van der Waals surface area (Å²) in [6.07, 6.45) is 6.96. The maximum absolute atomic E-state index is 12.3. The molecule has 0 spiro atoms. The van der Waals surface area contributed by atoms with E-state index in [1.807, 2.05) is 18.0 Å². The van der Waals surface area contributed by atoms with Gasteiger partial charge in [-0.2, -0.15) is 0 Å². The number of carbonyl (C=O) groups excluding carboxylic acids is 1. The molecule has 0 saturated heterocycles. The van der Waals surface area contributed by atoms with Crippen molar-refractivity contribution in [1.29, 1.82) is 0 Å². The molecule has 0 heterocycles. The Morgan fingerprint density at radius 1 is 1.17 bits per heavy atom. The molecule has 3 rings (SSSR count). The Labute approximate surface area is 145 Å². The number of hydrogen-bond donors (Lipinski definition) is 0. The van der Waals surface area contributed by atoms with Gasteiger partial charge in [0, 0.05) is 19.5 Å². The molecule has 132 valence electrons. The smallest absolute Gasteiger partial charge is 0.225 e. The van der Waals surface area contributed by atoms with Crippen molar-refractivity contribution in [3.8, 4) is 11.5 Å². The number of rotatable bonds is 8. The molecule has 0 bridgehead atoms. The quantitative estimate of drug-likeness (QED) is 0.726. The van der Waals surface area contributed by atoms with Gasteiger partial charge >= 0.3 is 0 Å². The molecule has 2 aliphatic rings. The summed E-state index contributed by atoms with van der Waals surface area (Å²) >= 11 is 0. The molecule has 24 heavy (non-hydrogen) atoms. The van der Waals surface area contributed by atoms with E-state index in [1.165, 1.54) is 24.8 Å². The standard InChI is InChI=1S/C20H29NO3/c1-21(20(22)15-5-4-6-15)12-11-17(14-7-8-14)16-9-10-18(23-2)19(13-16)24-3/h9-10,13-15,17H,4-8,11-12H2,1-3H3. The van der Waals surface area contributed by atoms with E-state index in [9.17, 15) is 4.79 Å². The first kappa shape index (κ1) is 17.1. The molecule has 1 atom stereocenters. The SMILES string of the molecule is COc1ccc(C(CCN(C)C(=O)C2CCC2)C2CC2)cc1OC. The summed E-state index contributed by atoms with van der Waals surface area (Å²) < 4.78 is 10.8. The molecule has 0 aromatic heterocycles. The van der Waals surface area contributed by atoms with Gasteiger partial charge in [-0.15, -0.1) is 0 Å². The lowest BCUT2D eigenvalue weighted by atomic mass is 9.84. The van der Waals surface area contributed by atoms with Crippen LogP contribution in [0.2, 0.25) is 0 Å². The van der Waals surface area contributed by atoms with Crippen LogP contribution in [0.3, 0.4) is 0 Å². The molecule has 4 nitrogen and oxygen atoms in total. The first-order valence-electron chi connectivity index (χ1n) is 9.11. The van der Waals surface area contributed by atoms with Crippen LogP contribution in [0.25, 0.3) is 0 Å². The van der Waals surface area contributed by atoms with Crippen molar-refractivity contribution in [2.75, 3.05) is 27.8 Å². The van der Waals surface area contributed by atoms with Gasteiger partial charge in [0.05, 0.1) is 14.2 Å². The van der Waals surface area contributed by atoms with Crippen LogP contribution in [0.5, 0.6) is 11.5 Å². The Morgan fingerprint density at radius 3 is 2.42 bits per heavy atom. The molecule has 2 fully saturated rings. The van der Waals surface area contributed by atoms with E-state index in [0.717, 1.165) is 43.2 Å². The molecule has 2 saturated carbocycles. The van der Waals surface area contributed by atoms with Crippen molar-refractivity contribution in [3.05, 3.63) is 23.8 Å². The van der Waals surface area contributed by atoms with E-state index in [2.05, 4.69) is 12.1 Å². The molecule has 1 amide bonds. The minimum atomic E-state index is 0.287. The molecule has 0 N–H and O–H groups in total. The van der Waals surface area contributed by atoms with Crippen LogP contribution >= 0.6 is 0 Å². The monoisotopic (exact) mass is 331 g/mol. The minimum Gasteiger partial charge on any atom is -0.493 e. The molecular weight excluding hydrogens is 302 g/mol. The summed E-state index contributed by atoms with van der Waals surface area (Å²) in [6, 6.07) is 6.25. The van der Waals surface area contributed by atoms with E-state index >= 15 is 0 Å². The van der Waals surface area contributed by atoms with Gasteiger partial charge in [0.2, 0.25) is 5.91 Å². The lowest BCUT2D eigenvalue weighted by Gasteiger charge is -2.30. The van der Waals surface area contributed by atoms with Gasteiger partial charge in [0.1, 0.15) is 0 Å². The third-order valence-electron chi connectivity index (χ3n) is 5.63. The molecule has 1 aromatic carbocycles. The van der Waals surface area contributed by atoms with E-state index in [-0.39, 0.29) is 5.92 Å². The highest BCUT2D eigenvalue weighted by Gasteiger charge is 2.34. The number of benzene rings is 1. The normalized spacial score (nSPS) is 18.6. The van der Waals surface area contributed by atoms with Gasteiger partial charge in [-0.05, 0) is 61.6 Å². The van der Waals surface area contributed by atoms with Crippen LogP contribution < -0.4 is 9.47 Å². The number of amides is 1. The van der Waals surface area contributed by atoms with E-state index in [1.54, 1.807) is 14.2 Å². The molecule has 1 unspecified atom stereocenters. The van der Waals surface area contributed by atoms with Crippen molar-refractivity contribution in [1.82, 2.24) is 4.90 Å². The summed E-state index contributed by atoms with van der Waals surface area (Å²) in [6.45, 7) is 0.838. The number of hydrogen-bond acceptors (Lipinski definition) is 3. The van der Waals surface area contributed by atoms with Gasteiger partial charge in [-0.1, -0.05) is 12.5 Å². The second-order valence-electron chi connectivity index (χ2n) is 7.23.